The molecule has 1 saturated heterocycles. The van der Waals surface area contributed by atoms with Crippen molar-refractivity contribution in [1.29, 1.82) is 5.26 Å². The molecule has 0 radical (unpaired) electrons. The molecule has 2 rings (SSSR count). The fraction of sp³-hybridized carbons (Fsp3) is 0.533. The number of nitriles is 1. The van der Waals surface area contributed by atoms with E-state index in [9.17, 15) is 0 Å². The number of hydrogen-bond acceptors (Lipinski definition) is 4. The maximum Gasteiger partial charge on any atom is 0.174 e. The van der Waals surface area contributed by atoms with Crippen LogP contribution in [0.15, 0.2) is 24.3 Å². The zero-order chi connectivity index (χ0) is 13.5. The lowest BCUT2D eigenvalue weighted by atomic mass is 10.1. The lowest BCUT2D eigenvalue weighted by Crippen LogP contribution is -2.25. The van der Waals surface area contributed by atoms with Gasteiger partial charge < -0.3 is 14.8 Å². The van der Waals surface area contributed by atoms with Crippen LogP contribution >= 0.6 is 0 Å². The molecular formula is C15H20N2O2. The summed E-state index contributed by atoms with van der Waals surface area (Å²) in [5.41, 5.74) is 1.23. The second-order valence-corrected chi connectivity index (χ2v) is 4.88. The van der Waals surface area contributed by atoms with Gasteiger partial charge >= 0.3 is 0 Å². The number of benzene rings is 1. The third-order valence-electron chi connectivity index (χ3n) is 3.42. The summed E-state index contributed by atoms with van der Waals surface area (Å²) in [5, 5.41) is 12.0. The SMILES string of the molecule is CC(NCC1CCOC1)c1ccc(OCC#N)cc1. The van der Waals surface area contributed by atoms with Crippen molar-refractivity contribution < 1.29 is 9.47 Å². The van der Waals surface area contributed by atoms with E-state index in [1.54, 1.807) is 0 Å². The highest BCUT2D eigenvalue weighted by atomic mass is 16.5. The van der Waals surface area contributed by atoms with Gasteiger partial charge in [0.1, 0.15) is 11.8 Å². The molecule has 1 aromatic rings. The van der Waals surface area contributed by atoms with Gasteiger partial charge in [0.05, 0.1) is 6.61 Å². The van der Waals surface area contributed by atoms with Crippen molar-refractivity contribution in [2.75, 3.05) is 26.4 Å². The molecule has 19 heavy (non-hydrogen) atoms. The molecule has 102 valence electrons. The molecule has 4 heteroatoms. The largest absolute Gasteiger partial charge is 0.479 e. The first-order valence-electron chi connectivity index (χ1n) is 6.70. The summed E-state index contributed by atoms with van der Waals surface area (Å²) in [6, 6.07) is 10.2. The second kappa shape index (κ2) is 7.13. The lowest BCUT2D eigenvalue weighted by Gasteiger charge is -2.17. The van der Waals surface area contributed by atoms with E-state index in [0.717, 1.165) is 31.9 Å². The first-order chi connectivity index (χ1) is 9.29. The summed E-state index contributed by atoms with van der Waals surface area (Å²) in [7, 11) is 0. The molecule has 0 aromatic heterocycles. The molecule has 1 N–H and O–H groups in total. The molecule has 0 saturated carbocycles. The molecule has 0 spiro atoms. The lowest BCUT2D eigenvalue weighted by molar-refractivity contribution is 0.184. The molecule has 0 bridgehead atoms. The van der Waals surface area contributed by atoms with E-state index in [0.29, 0.717) is 12.0 Å². The summed E-state index contributed by atoms with van der Waals surface area (Å²) in [4.78, 5) is 0. The highest BCUT2D eigenvalue weighted by molar-refractivity contribution is 5.29. The Balaban J connectivity index is 1.81. The number of nitrogens with one attached hydrogen (secondary N) is 1. The van der Waals surface area contributed by atoms with Crippen molar-refractivity contribution in [2.24, 2.45) is 5.92 Å². The molecule has 0 amide bonds. The van der Waals surface area contributed by atoms with Crippen molar-refractivity contribution in [2.45, 2.75) is 19.4 Å². The number of nitrogens with zero attached hydrogens (tertiary/aromatic N) is 1. The normalized spacial score (nSPS) is 19.9. The highest BCUT2D eigenvalue weighted by Crippen LogP contribution is 2.19. The van der Waals surface area contributed by atoms with E-state index in [2.05, 4.69) is 12.2 Å². The predicted molar refractivity (Wildman–Crippen MR) is 72.9 cm³/mol. The summed E-state index contributed by atoms with van der Waals surface area (Å²) >= 11 is 0. The average molecular weight is 260 g/mol. The Hall–Kier alpha value is -1.57. The van der Waals surface area contributed by atoms with Crippen LogP contribution in [0.2, 0.25) is 0 Å². The zero-order valence-electron chi connectivity index (χ0n) is 11.3. The molecule has 0 aliphatic carbocycles. The first-order valence-corrected chi connectivity index (χ1v) is 6.70. The van der Waals surface area contributed by atoms with Gasteiger partial charge in [-0.25, -0.2) is 0 Å². The van der Waals surface area contributed by atoms with Crippen molar-refractivity contribution in [3.8, 4) is 11.8 Å². The van der Waals surface area contributed by atoms with Crippen LogP contribution in [0.4, 0.5) is 0 Å². The van der Waals surface area contributed by atoms with Gasteiger partial charge in [-0.1, -0.05) is 12.1 Å². The van der Waals surface area contributed by atoms with Crippen molar-refractivity contribution in [3.05, 3.63) is 29.8 Å². The maximum atomic E-state index is 8.45. The Bertz CT molecular complexity index is 419. The van der Waals surface area contributed by atoms with Crippen LogP contribution in [0.25, 0.3) is 0 Å². The van der Waals surface area contributed by atoms with Gasteiger partial charge in [0.15, 0.2) is 6.61 Å². The van der Waals surface area contributed by atoms with E-state index in [1.807, 2.05) is 30.3 Å². The molecule has 1 fully saturated rings. The fourth-order valence-electron chi connectivity index (χ4n) is 2.17. The van der Waals surface area contributed by atoms with Crippen molar-refractivity contribution in [3.63, 3.8) is 0 Å². The van der Waals surface area contributed by atoms with Gasteiger partial charge in [0.2, 0.25) is 0 Å². The van der Waals surface area contributed by atoms with E-state index < -0.39 is 0 Å². The fourth-order valence-corrected chi connectivity index (χ4v) is 2.17. The Morgan fingerprint density at radius 2 is 2.26 bits per heavy atom. The Kier molecular flexibility index (Phi) is 5.20. The van der Waals surface area contributed by atoms with Crippen LogP contribution in [0.3, 0.4) is 0 Å². The molecule has 1 aromatic carbocycles. The van der Waals surface area contributed by atoms with Crippen LogP contribution in [-0.4, -0.2) is 26.4 Å². The quantitative estimate of drug-likeness (QED) is 0.852. The monoisotopic (exact) mass is 260 g/mol. The number of ether oxygens (including phenoxy) is 2. The van der Waals surface area contributed by atoms with Crippen LogP contribution < -0.4 is 10.1 Å². The van der Waals surface area contributed by atoms with Gasteiger partial charge in [0, 0.05) is 19.2 Å². The van der Waals surface area contributed by atoms with Crippen LogP contribution in [-0.2, 0) is 4.74 Å². The molecule has 1 heterocycles. The summed E-state index contributed by atoms with van der Waals surface area (Å²) in [6.45, 7) is 5.01. The smallest absolute Gasteiger partial charge is 0.174 e. The van der Waals surface area contributed by atoms with Gasteiger partial charge in [-0.05, 0) is 37.0 Å². The Morgan fingerprint density at radius 3 is 2.89 bits per heavy atom. The summed E-state index contributed by atoms with van der Waals surface area (Å²) in [6.07, 6.45) is 1.15. The van der Waals surface area contributed by atoms with E-state index in [-0.39, 0.29) is 6.61 Å². The minimum Gasteiger partial charge on any atom is -0.479 e. The van der Waals surface area contributed by atoms with Crippen LogP contribution in [0.5, 0.6) is 5.75 Å². The van der Waals surface area contributed by atoms with Crippen molar-refractivity contribution >= 4 is 0 Å². The Morgan fingerprint density at radius 1 is 1.47 bits per heavy atom. The minimum absolute atomic E-state index is 0.0921. The van der Waals surface area contributed by atoms with Crippen molar-refractivity contribution in [1.82, 2.24) is 5.32 Å². The molecule has 1 aliphatic heterocycles. The van der Waals surface area contributed by atoms with Gasteiger partial charge in [-0.15, -0.1) is 0 Å². The van der Waals surface area contributed by atoms with Gasteiger partial charge in [0.25, 0.3) is 0 Å². The predicted octanol–water partition coefficient (Wildman–Crippen LogP) is 2.28. The van der Waals surface area contributed by atoms with Gasteiger partial charge in [-0.2, -0.15) is 5.26 Å². The molecule has 1 aliphatic rings. The topological polar surface area (TPSA) is 54.3 Å². The third-order valence-corrected chi connectivity index (χ3v) is 3.42. The molecule has 4 nitrogen and oxygen atoms in total. The van der Waals surface area contributed by atoms with Crippen LogP contribution in [0, 0.1) is 17.2 Å². The highest BCUT2D eigenvalue weighted by Gasteiger charge is 2.16. The second-order valence-electron chi connectivity index (χ2n) is 4.88. The molecule has 2 atom stereocenters. The van der Waals surface area contributed by atoms with E-state index in [4.69, 9.17) is 14.7 Å². The average Bonchev–Trinajstić information content (AvgIpc) is 2.96. The van der Waals surface area contributed by atoms with E-state index in [1.165, 1.54) is 5.56 Å². The number of hydrogen-bond donors (Lipinski definition) is 1. The summed E-state index contributed by atoms with van der Waals surface area (Å²) < 4.78 is 10.6. The molecule has 2 unspecified atom stereocenters. The molecular weight excluding hydrogens is 240 g/mol. The summed E-state index contributed by atoms with van der Waals surface area (Å²) in [5.74, 6) is 1.38. The maximum absolute atomic E-state index is 8.45. The van der Waals surface area contributed by atoms with E-state index >= 15 is 0 Å². The van der Waals surface area contributed by atoms with Crippen LogP contribution in [0.1, 0.15) is 24.9 Å². The standard InChI is InChI=1S/C15H20N2O2/c1-12(17-10-13-6-8-18-11-13)14-2-4-15(5-3-14)19-9-7-16/h2-5,12-13,17H,6,8-11H2,1H3. The number of rotatable bonds is 6. The Labute approximate surface area is 114 Å². The first kappa shape index (κ1) is 13.9. The zero-order valence-corrected chi connectivity index (χ0v) is 11.3. The third kappa shape index (κ3) is 4.23. The minimum atomic E-state index is 0.0921. The van der Waals surface area contributed by atoms with Gasteiger partial charge in [-0.3, -0.25) is 0 Å².